The molecule has 2 unspecified atom stereocenters. The maximum atomic E-state index is 11.4. The third-order valence-electron chi connectivity index (χ3n) is 6.17. The quantitative estimate of drug-likeness (QED) is 0.552. The predicted molar refractivity (Wildman–Crippen MR) is 121 cm³/mol. The molecule has 0 heterocycles. The Morgan fingerprint density at radius 1 is 0.935 bits per heavy atom. The van der Waals surface area contributed by atoms with Crippen LogP contribution in [0.4, 0.5) is 0 Å². The lowest BCUT2D eigenvalue weighted by molar-refractivity contribution is -0.152. The zero-order valence-electron chi connectivity index (χ0n) is 18.2. The lowest BCUT2D eigenvalue weighted by Gasteiger charge is -2.35. The lowest BCUT2D eigenvalue weighted by atomic mass is 9.69. The van der Waals surface area contributed by atoms with Crippen LogP contribution in [-0.2, 0) is 11.2 Å². The normalized spacial score (nSPS) is 18.2. The van der Waals surface area contributed by atoms with E-state index < -0.39 is 11.6 Å². The van der Waals surface area contributed by atoms with Crippen LogP contribution in [0, 0.1) is 0 Å². The number of aryl methyl sites for hydroxylation is 1. The van der Waals surface area contributed by atoms with Gasteiger partial charge in [0.05, 0.1) is 7.11 Å². The number of hydrogen-bond acceptors (Lipinski definition) is 3. The van der Waals surface area contributed by atoms with Crippen LogP contribution in [0.2, 0.25) is 0 Å². The summed E-state index contributed by atoms with van der Waals surface area (Å²) in [6, 6.07) is 24.9. The van der Waals surface area contributed by atoms with Crippen molar-refractivity contribution in [1.29, 1.82) is 0 Å². The minimum Gasteiger partial charge on any atom is -0.497 e. The molecule has 0 aromatic heterocycles. The van der Waals surface area contributed by atoms with Crippen molar-refractivity contribution in [3.63, 3.8) is 0 Å². The Hall–Kier alpha value is -3.27. The van der Waals surface area contributed by atoms with Crippen molar-refractivity contribution in [2.24, 2.45) is 0 Å². The van der Waals surface area contributed by atoms with E-state index in [2.05, 4.69) is 54.6 Å². The Kier molecular flexibility index (Phi) is 5.73. The van der Waals surface area contributed by atoms with Gasteiger partial charge in [0.25, 0.3) is 0 Å². The highest BCUT2D eigenvalue weighted by atomic mass is 16.5. The molecular formula is C27H28O4. The molecule has 4 rings (SSSR count). The second kappa shape index (κ2) is 8.46. The number of aliphatic carboxylic acids is 1. The SMILES string of the molecule is COc1ccc2c(c1)CCC(c1ccccc1)C2c1ccc(OC(C)(C)C(=O)O)cc1. The summed E-state index contributed by atoms with van der Waals surface area (Å²) in [6.07, 6.45) is 2.07. The van der Waals surface area contributed by atoms with E-state index in [9.17, 15) is 9.90 Å². The average Bonchev–Trinajstić information content (AvgIpc) is 2.78. The molecular weight excluding hydrogens is 388 g/mol. The first-order valence-corrected chi connectivity index (χ1v) is 10.6. The van der Waals surface area contributed by atoms with Gasteiger partial charge < -0.3 is 14.6 Å². The van der Waals surface area contributed by atoms with Crippen LogP contribution in [0.1, 0.15) is 54.4 Å². The van der Waals surface area contributed by atoms with E-state index in [1.165, 1.54) is 22.3 Å². The number of rotatable bonds is 6. The highest BCUT2D eigenvalue weighted by Crippen LogP contribution is 2.47. The van der Waals surface area contributed by atoms with Gasteiger partial charge >= 0.3 is 5.97 Å². The van der Waals surface area contributed by atoms with E-state index in [1.807, 2.05) is 18.2 Å². The van der Waals surface area contributed by atoms with Gasteiger partial charge in [0.1, 0.15) is 11.5 Å². The highest BCUT2D eigenvalue weighted by Gasteiger charge is 2.33. The van der Waals surface area contributed by atoms with Gasteiger partial charge in [-0.3, -0.25) is 0 Å². The van der Waals surface area contributed by atoms with Crippen molar-refractivity contribution in [3.05, 3.63) is 95.1 Å². The fourth-order valence-corrected chi connectivity index (χ4v) is 4.48. The molecule has 3 aromatic carbocycles. The van der Waals surface area contributed by atoms with Crippen LogP contribution in [0.15, 0.2) is 72.8 Å². The van der Waals surface area contributed by atoms with Gasteiger partial charge in [-0.2, -0.15) is 0 Å². The lowest BCUT2D eigenvalue weighted by Crippen LogP contribution is -2.37. The van der Waals surface area contributed by atoms with Gasteiger partial charge in [0.2, 0.25) is 0 Å². The number of fused-ring (bicyclic) bond motifs is 1. The number of carboxylic acid groups (broad SMARTS) is 1. The van der Waals surface area contributed by atoms with Crippen LogP contribution < -0.4 is 9.47 Å². The molecule has 0 amide bonds. The van der Waals surface area contributed by atoms with Crippen LogP contribution in [0.3, 0.4) is 0 Å². The largest absolute Gasteiger partial charge is 0.497 e. The van der Waals surface area contributed by atoms with Crippen LogP contribution >= 0.6 is 0 Å². The molecule has 0 spiro atoms. The molecule has 1 aliphatic rings. The van der Waals surface area contributed by atoms with Crippen molar-refractivity contribution in [3.8, 4) is 11.5 Å². The summed E-state index contributed by atoms with van der Waals surface area (Å²) in [5.74, 6) is 1.02. The fourth-order valence-electron chi connectivity index (χ4n) is 4.48. The van der Waals surface area contributed by atoms with E-state index in [4.69, 9.17) is 9.47 Å². The molecule has 0 radical (unpaired) electrons. The molecule has 4 heteroatoms. The molecule has 0 saturated carbocycles. The van der Waals surface area contributed by atoms with Gasteiger partial charge in [-0.1, -0.05) is 48.5 Å². The van der Waals surface area contributed by atoms with E-state index in [0.717, 1.165) is 18.6 Å². The van der Waals surface area contributed by atoms with Crippen molar-refractivity contribution in [2.45, 2.75) is 44.1 Å². The van der Waals surface area contributed by atoms with E-state index in [1.54, 1.807) is 21.0 Å². The third kappa shape index (κ3) is 4.29. The van der Waals surface area contributed by atoms with Crippen LogP contribution in [0.25, 0.3) is 0 Å². The summed E-state index contributed by atoms with van der Waals surface area (Å²) in [5, 5.41) is 9.34. The second-order valence-corrected chi connectivity index (χ2v) is 8.58. The molecule has 1 N–H and O–H groups in total. The second-order valence-electron chi connectivity index (χ2n) is 8.58. The number of carbonyl (C=O) groups is 1. The summed E-state index contributed by atoms with van der Waals surface area (Å²) in [6.45, 7) is 3.11. The van der Waals surface area contributed by atoms with E-state index >= 15 is 0 Å². The smallest absolute Gasteiger partial charge is 0.347 e. The first-order chi connectivity index (χ1) is 14.9. The molecule has 2 atom stereocenters. The van der Waals surface area contributed by atoms with Crippen LogP contribution in [0.5, 0.6) is 11.5 Å². The minimum atomic E-state index is -1.28. The van der Waals surface area contributed by atoms with E-state index in [0.29, 0.717) is 11.7 Å². The van der Waals surface area contributed by atoms with Crippen molar-refractivity contribution in [1.82, 2.24) is 0 Å². The first-order valence-electron chi connectivity index (χ1n) is 10.6. The molecule has 160 valence electrons. The summed E-state index contributed by atoms with van der Waals surface area (Å²) in [7, 11) is 1.70. The fraction of sp³-hybridized carbons (Fsp3) is 0.296. The van der Waals surface area contributed by atoms with Crippen molar-refractivity contribution in [2.75, 3.05) is 7.11 Å². The van der Waals surface area contributed by atoms with Gasteiger partial charge in [0.15, 0.2) is 5.60 Å². The maximum absolute atomic E-state index is 11.4. The van der Waals surface area contributed by atoms with Gasteiger partial charge in [-0.15, -0.1) is 0 Å². The topological polar surface area (TPSA) is 55.8 Å². The summed E-state index contributed by atoms with van der Waals surface area (Å²) in [5.41, 5.74) is 3.90. The number of benzene rings is 3. The number of methoxy groups -OCH3 is 1. The first kappa shape index (κ1) is 21.0. The van der Waals surface area contributed by atoms with Crippen molar-refractivity contribution < 1.29 is 19.4 Å². The van der Waals surface area contributed by atoms with Gasteiger partial charge in [0, 0.05) is 5.92 Å². The monoisotopic (exact) mass is 416 g/mol. The Balaban J connectivity index is 1.73. The highest BCUT2D eigenvalue weighted by molar-refractivity contribution is 5.76. The summed E-state index contributed by atoms with van der Waals surface area (Å²) < 4.78 is 11.2. The molecule has 0 bridgehead atoms. The van der Waals surface area contributed by atoms with Crippen molar-refractivity contribution >= 4 is 5.97 Å². The molecule has 0 fully saturated rings. The molecule has 31 heavy (non-hydrogen) atoms. The average molecular weight is 417 g/mol. The number of ether oxygens (including phenoxy) is 2. The minimum absolute atomic E-state index is 0.207. The Morgan fingerprint density at radius 2 is 1.61 bits per heavy atom. The molecule has 3 aromatic rings. The standard InChI is InChI=1S/C27H28O4/c1-27(2,26(28)29)31-21-12-9-19(10-13-21)25-23(18-7-5-4-6-8-18)15-11-20-17-22(30-3)14-16-24(20)25/h4-10,12-14,16-17,23,25H,11,15H2,1-3H3,(H,28,29). The molecule has 1 aliphatic carbocycles. The Labute approximate surface area is 183 Å². The Bertz CT molecular complexity index is 1050. The third-order valence-corrected chi connectivity index (χ3v) is 6.17. The summed E-state index contributed by atoms with van der Waals surface area (Å²) in [4.78, 5) is 11.4. The molecule has 4 nitrogen and oxygen atoms in total. The predicted octanol–water partition coefficient (Wildman–Crippen LogP) is 5.80. The van der Waals surface area contributed by atoms with Gasteiger partial charge in [-0.25, -0.2) is 4.79 Å². The number of hydrogen-bond donors (Lipinski definition) is 1. The number of carboxylic acids is 1. The molecule has 0 aliphatic heterocycles. The van der Waals surface area contributed by atoms with E-state index in [-0.39, 0.29) is 5.92 Å². The zero-order valence-corrected chi connectivity index (χ0v) is 18.2. The Morgan fingerprint density at radius 3 is 2.26 bits per heavy atom. The maximum Gasteiger partial charge on any atom is 0.347 e. The van der Waals surface area contributed by atoms with Gasteiger partial charge in [-0.05, 0) is 79.1 Å². The van der Waals surface area contributed by atoms with Crippen LogP contribution in [-0.4, -0.2) is 23.8 Å². The summed E-state index contributed by atoms with van der Waals surface area (Å²) >= 11 is 0. The molecule has 0 saturated heterocycles. The zero-order chi connectivity index (χ0) is 22.0.